The molecule has 2 saturated heterocycles. The molecule has 1 aromatic carbocycles. The SMILES string of the molecule is N#Cc1ccccc1N1CCN(C(=O)NC2CCN(C(=O)C3CCCCC3)CC2)CC1. The van der Waals surface area contributed by atoms with Gasteiger partial charge in [-0.05, 0) is 37.8 Å². The van der Waals surface area contributed by atoms with Gasteiger partial charge in [-0.2, -0.15) is 5.26 Å². The van der Waals surface area contributed by atoms with E-state index >= 15 is 0 Å². The lowest BCUT2D eigenvalue weighted by Gasteiger charge is -2.38. The lowest BCUT2D eigenvalue weighted by molar-refractivity contribution is -0.137. The summed E-state index contributed by atoms with van der Waals surface area (Å²) in [6.07, 6.45) is 7.37. The van der Waals surface area contributed by atoms with Crippen molar-refractivity contribution >= 4 is 17.6 Å². The molecule has 3 fully saturated rings. The molecule has 0 bridgehead atoms. The Bertz CT molecular complexity index is 814. The van der Waals surface area contributed by atoms with Crippen molar-refractivity contribution in [2.75, 3.05) is 44.2 Å². The number of nitriles is 1. The van der Waals surface area contributed by atoms with Crippen LogP contribution >= 0.6 is 0 Å². The number of hydrogen-bond acceptors (Lipinski definition) is 4. The number of carbonyl (C=O) groups is 2. The molecule has 3 aliphatic rings. The van der Waals surface area contributed by atoms with E-state index < -0.39 is 0 Å². The smallest absolute Gasteiger partial charge is 0.317 e. The molecular weight excluding hydrogens is 390 g/mol. The lowest BCUT2D eigenvalue weighted by atomic mass is 9.87. The monoisotopic (exact) mass is 423 g/mol. The number of para-hydroxylation sites is 1. The van der Waals surface area contributed by atoms with Gasteiger partial charge < -0.3 is 20.0 Å². The van der Waals surface area contributed by atoms with E-state index in [-0.39, 0.29) is 18.0 Å². The normalized spacial score (nSPS) is 20.9. The number of carbonyl (C=O) groups excluding carboxylic acids is 2. The molecule has 31 heavy (non-hydrogen) atoms. The second kappa shape index (κ2) is 10.0. The third-order valence-electron chi connectivity index (χ3n) is 7.02. The van der Waals surface area contributed by atoms with Crippen LogP contribution in [0.4, 0.5) is 10.5 Å². The van der Waals surface area contributed by atoms with Crippen LogP contribution in [0, 0.1) is 17.2 Å². The fraction of sp³-hybridized carbons (Fsp3) is 0.625. The number of urea groups is 1. The van der Waals surface area contributed by atoms with E-state index in [2.05, 4.69) is 16.3 Å². The molecule has 1 saturated carbocycles. The van der Waals surface area contributed by atoms with Gasteiger partial charge in [0.25, 0.3) is 0 Å². The van der Waals surface area contributed by atoms with E-state index in [1.54, 1.807) is 0 Å². The number of anilines is 1. The van der Waals surface area contributed by atoms with E-state index in [1.165, 1.54) is 19.3 Å². The number of rotatable bonds is 3. The van der Waals surface area contributed by atoms with Crippen molar-refractivity contribution in [2.24, 2.45) is 5.92 Å². The highest BCUT2D eigenvalue weighted by atomic mass is 16.2. The van der Waals surface area contributed by atoms with Gasteiger partial charge in [0.1, 0.15) is 6.07 Å². The summed E-state index contributed by atoms with van der Waals surface area (Å²) in [7, 11) is 0. The molecule has 1 N–H and O–H groups in total. The van der Waals surface area contributed by atoms with Gasteiger partial charge in [-0.25, -0.2) is 4.79 Å². The number of piperazine rings is 1. The highest BCUT2D eigenvalue weighted by Gasteiger charge is 2.30. The van der Waals surface area contributed by atoms with Crippen LogP contribution in [0.25, 0.3) is 0 Å². The van der Waals surface area contributed by atoms with Gasteiger partial charge >= 0.3 is 6.03 Å². The van der Waals surface area contributed by atoms with Crippen LogP contribution in [0.3, 0.4) is 0 Å². The standard InChI is InChI=1S/C24H33N5O2/c25-18-20-8-4-5-9-22(20)27-14-16-29(17-15-27)24(31)26-21-10-12-28(13-11-21)23(30)19-6-2-1-3-7-19/h4-5,8-9,19,21H,1-3,6-7,10-17H2,(H,26,31). The summed E-state index contributed by atoms with van der Waals surface area (Å²) < 4.78 is 0. The minimum Gasteiger partial charge on any atom is -0.367 e. The topological polar surface area (TPSA) is 79.7 Å². The summed E-state index contributed by atoms with van der Waals surface area (Å²) in [6, 6.07) is 10.0. The molecule has 2 aliphatic heterocycles. The predicted octanol–water partition coefficient (Wildman–Crippen LogP) is 2.96. The molecule has 7 nitrogen and oxygen atoms in total. The van der Waals surface area contributed by atoms with Crippen LogP contribution in [-0.4, -0.2) is 67.0 Å². The Morgan fingerprint density at radius 1 is 0.871 bits per heavy atom. The van der Waals surface area contributed by atoms with Crippen LogP contribution in [0.2, 0.25) is 0 Å². The minimum atomic E-state index is -0.00900. The predicted molar refractivity (Wildman–Crippen MR) is 120 cm³/mol. The Balaban J connectivity index is 1.21. The fourth-order valence-corrected chi connectivity index (χ4v) is 5.11. The number of hydrogen-bond donors (Lipinski definition) is 1. The molecular formula is C24H33N5O2. The van der Waals surface area contributed by atoms with Gasteiger partial charge in [-0.3, -0.25) is 4.79 Å². The first-order valence-corrected chi connectivity index (χ1v) is 11.7. The van der Waals surface area contributed by atoms with Crippen LogP contribution in [0.5, 0.6) is 0 Å². The van der Waals surface area contributed by atoms with Crippen molar-refractivity contribution < 1.29 is 9.59 Å². The summed E-state index contributed by atoms with van der Waals surface area (Å²) >= 11 is 0. The minimum absolute atomic E-state index is 0.00900. The maximum absolute atomic E-state index is 12.8. The van der Waals surface area contributed by atoms with Crippen LogP contribution in [-0.2, 0) is 4.79 Å². The second-order valence-electron chi connectivity index (χ2n) is 8.99. The van der Waals surface area contributed by atoms with Gasteiger partial charge in [-0.1, -0.05) is 31.4 Å². The molecule has 0 unspecified atom stereocenters. The van der Waals surface area contributed by atoms with Gasteiger partial charge in [0.2, 0.25) is 5.91 Å². The van der Waals surface area contributed by atoms with Crippen molar-refractivity contribution in [3.8, 4) is 6.07 Å². The molecule has 4 rings (SSSR count). The second-order valence-corrected chi connectivity index (χ2v) is 8.99. The molecule has 1 aromatic rings. The molecule has 166 valence electrons. The Hall–Kier alpha value is -2.75. The van der Waals surface area contributed by atoms with Crippen LogP contribution in [0.15, 0.2) is 24.3 Å². The summed E-state index contributed by atoms with van der Waals surface area (Å²) in [4.78, 5) is 31.5. The summed E-state index contributed by atoms with van der Waals surface area (Å²) in [5.74, 6) is 0.556. The lowest BCUT2D eigenvalue weighted by Crippen LogP contribution is -2.55. The van der Waals surface area contributed by atoms with Gasteiger partial charge in [0.05, 0.1) is 11.3 Å². The molecule has 3 amide bonds. The van der Waals surface area contributed by atoms with E-state index in [4.69, 9.17) is 0 Å². The van der Waals surface area contributed by atoms with Crippen molar-refractivity contribution in [3.63, 3.8) is 0 Å². The highest BCUT2D eigenvalue weighted by Crippen LogP contribution is 2.27. The van der Waals surface area contributed by atoms with E-state index in [9.17, 15) is 14.9 Å². The van der Waals surface area contributed by atoms with E-state index in [1.807, 2.05) is 34.1 Å². The zero-order chi connectivity index (χ0) is 21.6. The van der Waals surface area contributed by atoms with Crippen molar-refractivity contribution in [3.05, 3.63) is 29.8 Å². The molecule has 0 aromatic heterocycles. The third kappa shape index (κ3) is 5.12. The third-order valence-corrected chi connectivity index (χ3v) is 7.02. The molecule has 0 atom stereocenters. The zero-order valence-corrected chi connectivity index (χ0v) is 18.3. The Morgan fingerprint density at radius 2 is 1.55 bits per heavy atom. The Labute approximate surface area is 185 Å². The van der Waals surface area contributed by atoms with E-state index in [0.29, 0.717) is 24.6 Å². The highest BCUT2D eigenvalue weighted by molar-refractivity contribution is 5.79. The summed E-state index contributed by atoms with van der Waals surface area (Å²) in [6.45, 7) is 4.23. The molecule has 0 spiro atoms. The van der Waals surface area contributed by atoms with E-state index in [0.717, 1.165) is 57.5 Å². The molecule has 1 aliphatic carbocycles. The maximum Gasteiger partial charge on any atom is 0.317 e. The van der Waals surface area contributed by atoms with Crippen molar-refractivity contribution in [1.29, 1.82) is 5.26 Å². The van der Waals surface area contributed by atoms with Gasteiger partial charge in [0, 0.05) is 51.2 Å². The van der Waals surface area contributed by atoms with Gasteiger partial charge in [0.15, 0.2) is 0 Å². The average Bonchev–Trinajstić information content (AvgIpc) is 2.84. The largest absolute Gasteiger partial charge is 0.367 e. The molecule has 7 heteroatoms. The maximum atomic E-state index is 12.8. The number of benzene rings is 1. The quantitative estimate of drug-likeness (QED) is 0.811. The number of piperidine rings is 1. The number of likely N-dealkylation sites (tertiary alicyclic amines) is 1. The fourth-order valence-electron chi connectivity index (χ4n) is 5.11. The summed E-state index contributed by atoms with van der Waals surface area (Å²) in [5.41, 5.74) is 1.62. The Morgan fingerprint density at radius 3 is 2.23 bits per heavy atom. The zero-order valence-electron chi connectivity index (χ0n) is 18.3. The first kappa shape index (κ1) is 21.5. The van der Waals surface area contributed by atoms with Crippen molar-refractivity contribution in [1.82, 2.24) is 15.1 Å². The first-order chi connectivity index (χ1) is 15.2. The van der Waals surface area contributed by atoms with Crippen LogP contribution in [0.1, 0.15) is 50.5 Å². The Kier molecular flexibility index (Phi) is 6.96. The number of nitrogens with zero attached hydrogens (tertiary/aromatic N) is 4. The molecule has 0 radical (unpaired) electrons. The summed E-state index contributed by atoms with van der Waals surface area (Å²) in [5, 5.41) is 12.5. The number of amides is 3. The van der Waals surface area contributed by atoms with Crippen molar-refractivity contribution in [2.45, 2.75) is 51.0 Å². The average molecular weight is 424 g/mol. The first-order valence-electron chi connectivity index (χ1n) is 11.7. The molecule has 2 heterocycles. The number of nitrogens with one attached hydrogen (secondary N) is 1. The van der Waals surface area contributed by atoms with Crippen LogP contribution < -0.4 is 10.2 Å². The van der Waals surface area contributed by atoms with Gasteiger partial charge in [-0.15, -0.1) is 0 Å².